The molecule has 4 heterocycles. The fourth-order valence-electron chi connectivity index (χ4n) is 5.40. The van der Waals surface area contributed by atoms with E-state index in [1.165, 1.54) is 51.3 Å². The minimum Gasteiger partial charge on any atom is -0.357 e. The average molecular weight is 446 g/mol. The van der Waals surface area contributed by atoms with Gasteiger partial charge in [-0.25, -0.2) is 9.37 Å². The predicted molar refractivity (Wildman–Crippen MR) is 129 cm³/mol. The van der Waals surface area contributed by atoms with Crippen LogP contribution in [0, 0.1) is 5.82 Å². The Hall–Kier alpha value is -1.93. The Morgan fingerprint density at radius 2 is 1.97 bits per heavy atom. The molecule has 4 rings (SSSR count). The highest BCUT2D eigenvalue weighted by atomic mass is 19.1. The van der Waals surface area contributed by atoms with Crippen LogP contribution < -0.4 is 15.5 Å². The standard InChI is InChI=1S/C24H40FN7/c1-3-26-23(29-20-9-15-31(18-20)22-21(25)8-7-12-27-22)28-19-24(10-16-30(2)17-11-24)32-13-5-4-6-14-32/h7-8,12,20H,3-6,9-11,13-19H2,1-2H3,(H2,26,28,29). The van der Waals surface area contributed by atoms with E-state index in [1.807, 2.05) is 4.90 Å². The molecule has 0 aromatic carbocycles. The molecule has 3 aliphatic heterocycles. The minimum absolute atomic E-state index is 0.175. The molecule has 32 heavy (non-hydrogen) atoms. The third-order valence-corrected chi connectivity index (χ3v) is 7.39. The fraction of sp³-hybridized carbons (Fsp3) is 0.750. The lowest BCUT2D eigenvalue weighted by Crippen LogP contribution is -2.58. The second-order valence-electron chi connectivity index (χ2n) is 9.66. The van der Waals surface area contributed by atoms with E-state index in [4.69, 9.17) is 4.99 Å². The van der Waals surface area contributed by atoms with Crippen molar-refractivity contribution in [2.24, 2.45) is 4.99 Å². The third kappa shape index (κ3) is 5.52. The molecule has 1 aromatic heterocycles. The van der Waals surface area contributed by atoms with Gasteiger partial charge in [0.15, 0.2) is 17.6 Å². The first-order valence-electron chi connectivity index (χ1n) is 12.4. The first kappa shape index (κ1) is 23.2. The number of nitrogens with one attached hydrogen (secondary N) is 2. The Morgan fingerprint density at radius 1 is 1.19 bits per heavy atom. The summed E-state index contributed by atoms with van der Waals surface area (Å²) in [5, 5.41) is 7.07. The molecule has 0 aliphatic carbocycles. The molecule has 178 valence electrons. The van der Waals surface area contributed by atoms with Crippen LogP contribution in [0.15, 0.2) is 23.3 Å². The molecule has 0 bridgehead atoms. The van der Waals surface area contributed by atoms with E-state index in [0.29, 0.717) is 5.82 Å². The van der Waals surface area contributed by atoms with Gasteiger partial charge < -0.3 is 20.4 Å². The maximum Gasteiger partial charge on any atom is 0.191 e. The Balaban J connectivity index is 1.42. The zero-order chi connectivity index (χ0) is 22.4. The van der Waals surface area contributed by atoms with Crippen LogP contribution in [0.1, 0.15) is 45.4 Å². The van der Waals surface area contributed by atoms with Gasteiger partial charge in [0.2, 0.25) is 0 Å². The van der Waals surface area contributed by atoms with E-state index in [9.17, 15) is 4.39 Å². The molecule has 1 aromatic rings. The number of hydrogen-bond acceptors (Lipinski definition) is 5. The van der Waals surface area contributed by atoms with Crippen LogP contribution in [0.5, 0.6) is 0 Å². The van der Waals surface area contributed by atoms with Gasteiger partial charge in [0, 0.05) is 37.4 Å². The largest absolute Gasteiger partial charge is 0.357 e. The summed E-state index contributed by atoms with van der Waals surface area (Å²) in [4.78, 5) is 16.6. The molecule has 8 heteroatoms. The number of pyridine rings is 1. The van der Waals surface area contributed by atoms with E-state index in [-0.39, 0.29) is 17.4 Å². The molecule has 3 fully saturated rings. The van der Waals surface area contributed by atoms with E-state index < -0.39 is 0 Å². The van der Waals surface area contributed by atoms with Gasteiger partial charge in [-0.05, 0) is 84.4 Å². The maximum absolute atomic E-state index is 14.2. The third-order valence-electron chi connectivity index (χ3n) is 7.39. The van der Waals surface area contributed by atoms with Crippen molar-refractivity contribution < 1.29 is 4.39 Å². The normalized spacial score (nSPS) is 25.2. The van der Waals surface area contributed by atoms with E-state index in [2.05, 4.69) is 39.4 Å². The van der Waals surface area contributed by atoms with E-state index in [0.717, 1.165) is 51.6 Å². The molecule has 0 amide bonds. The highest BCUT2D eigenvalue weighted by molar-refractivity contribution is 5.80. The zero-order valence-electron chi connectivity index (χ0n) is 19.8. The van der Waals surface area contributed by atoms with Crippen LogP contribution in [-0.4, -0.2) is 91.7 Å². The van der Waals surface area contributed by atoms with Crippen LogP contribution in [0.2, 0.25) is 0 Å². The van der Waals surface area contributed by atoms with Gasteiger partial charge in [-0.15, -0.1) is 0 Å². The number of nitrogens with zero attached hydrogens (tertiary/aromatic N) is 5. The van der Waals surface area contributed by atoms with Gasteiger partial charge in [-0.1, -0.05) is 6.42 Å². The number of aliphatic imine (C=N–C) groups is 1. The molecule has 2 N–H and O–H groups in total. The molecule has 3 aliphatic rings. The number of halogens is 1. The Labute approximate surface area is 192 Å². The number of rotatable bonds is 6. The highest BCUT2D eigenvalue weighted by Gasteiger charge is 2.39. The summed E-state index contributed by atoms with van der Waals surface area (Å²) >= 11 is 0. The van der Waals surface area contributed by atoms with Gasteiger partial charge in [-0.3, -0.25) is 9.89 Å². The number of likely N-dealkylation sites (tertiary alicyclic amines) is 2. The van der Waals surface area contributed by atoms with E-state index >= 15 is 0 Å². The topological polar surface area (TPSA) is 59.0 Å². The quantitative estimate of drug-likeness (QED) is 0.518. The molecular formula is C24H40FN7. The molecule has 7 nitrogen and oxygen atoms in total. The Kier molecular flexibility index (Phi) is 7.84. The second-order valence-corrected chi connectivity index (χ2v) is 9.66. The first-order chi connectivity index (χ1) is 15.6. The molecule has 0 spiro atoms. The molecule has 3 saturated heterocycles. The molecule has 1 unspecified atom stereocenters. The monoisotopic (exact) mass is 445 g/mol. The van der Waals surface area contributed by atoms with Crippen molar-refractivity contribution in [2.45, 2.75) is 57.0 Å². The van der Waals surface area contributed by atoms with Gasteiger partial charge in [0.1, 0.15) is 0 Å². The SMILES string of the molecule is CCNC(=NCC1(N2CCCCC2)CCN(C)CC1)NC1CCN(c2ncccc2F)C1. The van der Waals surface area contributed by atoms with E-state index in [1.54, 1.807) is 12.3 Å². The zero-order valence-corrected chi connectivity index (χ0v) is 19.8. The van der Waals surface area contributed by atoms with Crippen molar-refractivity contribution in [1.82, 2.24) is 25.4 Å². The highest BCUT2D eigenvalue weighted by Crippen LogP contribution is 2.31. The number of piperidine rings is 2. The molecular weight excluding hydrogens is 405 g/mol. The summed E-state index contributed by atoms with van der Waals surface area (Å²) in [5.41, 5.74) is 0.175. The van der Waals surface area contributed by atoms with Crippen LogP contribution in [0.3, 0.4) is 0 Å². The van der Waals surface area contributed by atoms with Crippen LogP contribution in [0.4, 0.5) is 10.2 Å². The molecule has 0 radical (unpaired) electrons. The maximum atomic E-state index is 14.2. The van der Waals surface area contributed by atoms with Crippen molar-refractivity contribution in [2.75, 3.05) is 64.3 Å². The molecule has 1 atom stereocenters. The van der Waals surface area contributed by atoms with Gasteiger partial charge in [0.05, 0.1) is 6.54 Å². The lowest BCUT2D eigenvalue weighted by molar-refractivity contribution is 0.0208. The summed E-state index contributed by atoms with van der Waals surface area (Å²) in [5.74, 6) is 1.09. The summed E-state index contributed by atoms with van der Waals surface area (Å²) in [6, 6.07) is 3.36. The van der Waals surface area contributed by atoms with Gasteiger partial charge in [0.25, 0.3) is 0 Å². The summed E-state index contributed by atoms with van der Waals surface area (Å²) in [6.45, 7) is 10.0. The minimum atomic E-state index is -0.250. The van der Waals surface area contributed by atoms with Gasteiger partial charge >= 0.3 is 0 Å². The molecule has 0 saturated carbocycles. The summed E-state index contributed by atoms with van der Waals surface area (Å²) in [6.07, 6.45) is 8.94. The number of anilines is 1. The van der Waals surface area contributed by atoms with Crippen LogP contribution >= 0.6 is 0 Å². The summed E-state index contributed by atoms with van der Waals surface area (Å²) in [7, 11) is 2.23. The fourth-order valence-corrected chi connectivity index (χ4v) is 5.40. The van der Waals surface area contributed by atoms with Crippen molar-refractivity contribution in [1.29, 1.82) is 0 Å². The van der Waals surface area contributed by atoms with Crippen molar-refractivity contribution >= 4 is 11.8 Å². The van der Waals surface area contributed by atoms with Crippen molar-refractivity contribution in [3.05, 3.63) is 24.1 Å². The van der Waals surface area contributed by atoms with Crippen molar-refractivity contribution in [3.63, 3.8) is 0 Å². The summed E-state index contributed by atoms with van der Waals surface area (Å²) < 4.78 is 14.2. The van der Waals surface area contributed by atoms with Crippen molar-refractivity contribution in [3.8, 4) is 0 Å². The number of guanidine groups is 1. The average Bonchev–Trinajstić information content (AvgIpc) is 3.28. The van der Waals surface area contributed by atoms with Crippen LogP contribution in [0.25, 0.3) is 0 Å². The number of hydrogen-bond donors (Lipinski definition) is 2. The Bertz CT molecular complexity index is 756. The number of aromatic nitrogens is 1. The Morgan fingerprint density at radius 3 is 2.69 bits per heavy atom. The van der Waals surface area contributed by atoms with Crippen LogP contribution in [-0.2, 0) is 0 Å². The second kappa shape index (κ2) is 10.8. The smallest absolute Gasteiger partial charge is 0.191 e. The lowest BCUT2D eigenvalue weighted by atomic mass is 9.84. The lowest BCUT2D eigenvalue weighted by Gasteiger charge is -2.49. The van der Waals surface area contributed by atoms with Gasteiger partial charge in [-0.2, -0.15) is 0 Å². The first-order valence-corrected chi connectivity index (χ1v) is 12.4. The predicted octanol–water partition coefficient (Wildman–Crippen LogP) is 2.30.